The first-order valence-corrected chi connectivity index (χ1v) is 10.7. The molecule has 1 N–H and O–H groups in total. The quantitative estimate of drug-likeness (QED) is 0.396. The van der Waals surface area contributed by atoms with Gasteiger partial charge in [0.05, 0.1) is 6.54 Å². The summed E-state index contributed by atoms with van der Waals surface area (Å²) >= 11 is 3.38. The van der Waals surface area contributed by atoms with E-state index in [9.17, 15) is 19.1 Å². The van der Waals surface area contributed by atoms with E-state index in [2.05, 4.69) is 25.9 Å². The van der Waals surface area contributed by atoms with Crippen LogP contribution >= 0.6 is 15.9 Å². The number of hydrogen-bond donors (Lipinski definition) is 1. The summed E-state index contributed by atoms with van der Waals surface area (Å²) in [7, 11) is 0. The van der Waals surface area contributed by atoms with Crippen LogP contribution < -0.4 is 4.74 Å². The zero-order valence-electron chi connectivity index (χ0n) is 17.0. The second-order valence-electron chi connectivity index (χ2n) is 7.42. The molecular formula is C24H15BrFN3O4. The maximum absolute atomic E-state index is 13.4. The van der Waals surface area contributed by atoms with Crippen molar-refractivity contribution in [1.82, 2.24) is 14.9 Å². The number of aromatic nitrogens is 2. The third kappa shape index (κ3) is 3.70. The van der Waals surface area contributed by atoms with E-state index in [1.165, 1.54) is 24.5 Å². The van der Waals surface area contributed by atoms with Crippen molar-refractivity contribution in [3.05, 3.63) is 93.5 Å². The summed E-state index contributed by atoms with van der Waals surface area (Å²) in [6.45, 7) is 0.0100. The van der Waals surface area contributed by atoms with Gasteiger partial charge in [0.15, 0.2) is 11.5 Å². The molecule has 2 heterocycles. The van der Waals surface area contributed by atoms with Gasteiger partial charge >= 0.3 is 0 Å². The van der Waals surface area contributed by atoms with Crippen LogP contribution in [-0.2, 0) is 13.2 Å². The number of ether oxygens (including phenoxy) is 1. The molecule has 0 radical (unpaired) electrons. The smallest absolute Gasteiger partial charge is 0.265 e. The summed E-state index contributed by atoms with van der Waals surface area (Å²) in [5.74, 6) is -2.01. The first kappa shape index (κ1) is 21.0. The molecule has 1 aromatic heterocycles. The Morgan fingerprint density at radius 3 is 2.36 bits per heavy atom. The molecule has 9 heteroatoms. The molecule has 1 aliphatic heterocycles. The van der Waals surface area contributed by atoms with Gasteiger partial charge in [0, 0.05) is 16.9 Å². The first-order chi connectivity index (χ1) is 15.9. The van der Waals surface area contributed by atoms with Crippen molar-refractivity contribution in [1.29, 1.82) is 0 Å². The van der Waals surface area contributed by atoms with Gasteiger partial charge in [0.2, 0.25) is 0 Å². The average Bonchev–Trinajstić information content (AvgIpc) is 3.05. The zero-order valence-corrected chi connectivity index (χ0v) is 18.5. The van der Waals surface area contributed by atoms with E-state index in [-0.39, 0.29) is 46.9 Å². The normalized spacial score (nSPS) is 13.0. The summed E-state index contributed by atoms with van der Waals surface area (Å²) < 4.78 is 20.0. The van der Waals surface area contributed by atoms with Crippen molar-refractivity contribution in [2.45, 2.75) is 13.2 Å². The van der Waals surface area contributed by atoms with E-state index in [1.807, 2.05) is 6.07 Å². The number of hydrogen-bond acceptors (Lipinski definition) is 6. The van der Waals surface area contributed by atoms with E-state index >= 15 is 0 Å². The number of halogens is 2. The van der Waals surface area contributed by atoms with Gasteiger partial charge in [-0.05, 0) is 35.4 Å². The lowest BCUT2D eigenvalue weighted by molar-refractivity contribution is 0.0640. The minimum atomic E-state index is -0.647. The highest BCUT2D eigenvalue weighted by Crippen LogP contribution is 2.43. The van der Waals surface area contributed by atoms with Crippen LogP contribution in [0.2, 0.25) is 0 Å². The Morgan fingerprint density at radius 2 is 1.64 bits per heavy atom. The molecule has 0 spiro atoms. The molecule has 4 aromatic rings. The number of nitrogens with zero attached hydrogens (tertiary/aromatic N) is 3. The Balaban J connectivity index is 1.60. The summed E-state index contributed by atoms with van der Waals surface area (Å²) in [4.78, 5) is 36.0. The topological polar surface area (TPSA) is 92.6 Å². The molecule has 2 amide bonds. The number of carbonyl (C=O) groups excluding carboxylic acids is 2. The Bertz CT molecular complexity index is 1430. The minimum absolute atomic E-state index is 0.00370. The predicted octanol–water partition coefficient (Wildman–Crippen LogP) is 4.61. The van der Waals surface area contributed by atoms with Crippen LogP contribution in [0.25, 0.3) is 11.0 Å². The van der Waals surface area contributed by atoms with Crippen LogP contribution in [0.1, 0.15) is 31.8 Å². The second kappa shape index (κ2) is 8.25. The SMILES string of the molecule is O=C1c2c(c(OCc3ccc(F)cc3)c3nccnc3c2O)C(=O)N1Cc1cccc(Br)c1. The molecule has 33 heavy (non-hydrogen) atoms. The van der Waals surface area contributed by atoms with Crippen molar-refractivity contribution in [3.8, 4) is 11.5 Å². The van der Waals surface area contributed by atoms with E-state index in [4.69, 9.17) is 4.74 Å². The highest BCUT2D eigenvalue weighted by atomic mass is 79.9. The summed E-state index contributed by atoms with van der Waals surface area (Å²) in [5, 5.41) is 10.8. The zero-order chi connectivity index (χ0) is 23.1. The maximum Gasteiger partial charge on any atom is 0.265 e. The van der Waals surface area contributed by atoms with E-state index in [1.54, 1.807) is 30.3 Å². The van der Waals surface area contributed by atoms with Crippen molar-refractivity contribution >= 4 is 38.8 Å². The Kier molecular flexibility index (Phi) is 5.26. The lowest BCUT2D eigenvalue weighted by Gasteiger charge is -2.14. The number of phenolic OH excluding ortho intramolecular Hbond substituents is 1. The molecule has 5 rings (SSSR count). The predicted molar refractivity (Wildman–Crippen MR) is 120 cm³/mol. The van der Waals surface area contributed by atoms with Gasteiger partial charge in [0.25, 0.3) is 11.8 Å². The van der Waals surface area contributed by atoms with Crippen molar-refractivity contribution in [2.75, 3.05) is 0 Å². The molecule has 0 fully saturated rings. The standard InChI is InChI=1S/C24H15BrFN3O4/c25-15-3-1-2-14(10-15)11-29-23(31)17-18(24(29)32)22(20-19(21(17)30)27-8-9-28-20)33-12-13-4-6-16(26)7-5-13/h1-10,30H,11-12H2. The largest absolute Gasteiger partial charge is 0.505 e. The number of phenols is 1. The lowest BCUT2D eigenvalue weighted by atomic mass is 10.0. The van der Waals surface area contributed by atoms with Gasteiger partial charge in [-0.25, -0.2) is 14.4 Å². The fourth-order valence-corrected chi connectivity index (χ4v) is 4.21. The molecule has 0 saturated heterocycles. The maximum atomic E-state index is 13.4. The molecule has 0 unspecified atom stereocenters. The van der Waals surface area contributed by atoms with Crippen molar-refractivity contribution in [3.63, 3.8) is 0 Å². The second-order valence-corrected chi connectivity index (χ2v) is 8.34. The fraction of sp³-hybridized carbons (Fsp3) is 0.0833. The van der Waals surface area contributed by atoms with Crippen LogP contribution in [0, 0.1) is 5.82 Å². The number of amides is 2. The molecule has 7 nitrogen and oxygen atoms in total. The fourth-order valence-electron chi connectivity index (χ4n) is 3.76. The van der Waals surface area contributed by atoms with Crippen LogP contribution in [0.5, 0.6) is 11.5 Å². The van der Waals surface area contributed by atoms with Crippen LogP contribution in [0.4, 0.5) is 4.39 Å². The first-order valence-electron chi connectivity index (χ1n) is 9.91. The Hall–Kier alpha value is -3.85. The third-order valence-corrected chi connectivity index (χ3v) is 5.79. The van der Waals surface area contributed by atoms with Crippen molar-refractivity contribution < 1.29 is 23.8 Å². The van der Waals surface area contributed by atoms with Gasteiger partial charge in [-0.2, -0.15) is 0 Å². The van der Waals surface area contributed by atoms with Gasteiger partial charge in [0.1, 0.15) is 34.6 Å². The number of carbonyl (C=O) groups is 2. The molecule has 0 saturated carbocycles. The highest BCUT2D eigenvalue weighted by Gasteiger charge is 2.42. The molecule has 0 aliphatic carbocycles. The van der Waals surface area contributed by atoms with Crippen LogP contribution in [0.15, 0.2) is 65.4 Å². The molecule has 164 valence electrons. The molecule has 0 bridgehead atoms. The van der Waals surface area contributed by atoms with Crippen molar-refractivity contribution in [2.24, 2.45) is 0 Å². The number of benzene rings is 3. The molecule has 0 atom stereocenters. The lowest BCUT2D eigenvalue weighted by Crippen LogP contribution is -2.29. The number of aromatic hydroxyl groups is 1. The number of imide groups is 1. The van der Waals surface area contributed by atoms with Crippen LogP contribution in [-0.4, -0.2) is 31.8 Å². The van der Waals surface area contributed by atoms with Gasteiger partial charge < -0.3 is 9.84 Å². The monoisotopic (exact) mass is 507 g/mol. The van der Waals surface area contributed by atoms with Gasteiger partial charge in [-0.3, -0.25) is 14.5 Å². The molecule has 3 aromatic carbocycles. The summed E-state index contributed by atoms with van der Waals surface area (Å²) in [6.07, 6.45) is 2.78. The molecule has 1 aliphatic rings. The molecular weight excluding hydrogens is 493 g/mol. The van der Waals surface area contributed by atoms with Gasteiger partial charge in [-0.1, -0.05) is 40.2 Å². The number of rotatable bonds is 5. The Morgan fingerprint density at radius 1 is 0.939 bits per heavy atom. The summed E-state index contributed by atoms with van der Waals surface area (Å²) in [5.41, 5.74) is 1.35. The minimum Gasteiger partial charge on any atom is -0.505 e. The van der Waals surface area contributed by atoms with E-state index in [0.717, 1.165) is 14.9 Å². The number of fused-ring (bicyclic) bond motifs is 2. The van der Waals surface area contributed by atoms with E-state index in [0.29, 0.717) is 5.56 Å². The van der Waals surface area contributed by atoms with E-state index < -0.39 is 17.6 Å². The Labute approximate surface area is 195 Å². The average molecular weight is 508 g/mol. The third-order valence-electron chi connectivity index (χ3n) is 5.30. The highest BCUT2D eigenvalue weighted by molar-refractivity contribution is 9.10. The summed E-state index contributed by atoms with van der Waals surface area (Å²) in [6, 6.07) is 12.9. The van der Waals surface area contributed by atoms with Crippen LogP contribution in [0.3, 0.4) is 0 Å². The van der Waals surface area contributed by atoms with Gasteiger partial charge in [-0.15, -0.1) is 0 Å².